The molecule has 0 N–H and O–H groups in total. The molecule has 0 aromatic heterocycles. The molecule has 1 aliphatic rings. The minimum Gasteiger partial charge on any atom is -0.310 e. The van der Waals surface area contributed by atoms with Gasteiger partial charge in [-0.1, -0.05) is 158 Å². The third-order valence-corrected chi connectivity index (χ3v) is 12.6. The van der Waals surface area contributed by atoms with Crippen LogP contribution in [0.4, 0.5) is 51.2 Å². The summed E-state index contributed by atoms with van der Waals surface area (Å²) in [5.41, 5.74) is 19.7. The van der Waals surface area contributed by atoms with Crippen LogP contribution in [0.2, 0.25) is 0 Å². The number of para-hydroxylation sites is 2. The number of benzene rings is 10. The topological polar surface area (TPSA) is 9.72 Å². The molecule has 310 valence electrons. The molecule has 0 atom stereocenters. The number of hydrogen-bond donors (Lipinski definition) is 0. The van der Waals surface area contributed by atoms with Crippen LogP contribution in [-0.2, 0) is 0 Å². The van der Waals surface area contributed by atoms with E-state index < -0.39 is 0 Å². The molecular weight excluding hydrogens is 787 g/mol. The number of hydrogen-bond acceptors (Lipinski definition) is 3. The highest BCUT2D eigenvalue weighted by molar-refractivity contribution is 6.14. The van der Waals surface area contributed by atoms with Crippen LogP contribution in [0.15, 0.2) is 243 Å². The Morgan fingerprint density at radius 1 is 0.385 bits per heavy atom. The highest BCUT2D eigenvalue weighted by atomic mass is 15.2. The Labute approximate surface area is 382 Å². The zero-order valence-corrected chi connectivity index (χ0v) is 36.5. The second-order valence-corrected chi connectivity index (χ2v) is 16.6. The van der Waals surface area contributed by atoms with Crippen LogP contribution < -0.4 is 14.7 Å². The second kappa shape index (κ2) is 17.0. The van der Waals surface area contributed by atoms with Crippen LogP contribution in [0.3, 0.4) is 0 Å². The van der Waals surface area contributed by atoms with Crippen molar-refractivity contribution in [2.45, 2.75) is 13.8 Å². The minimum atomic E-state index is 1.08. The van der Waals surface area contributed by atoms with Crippen LogP contribution in [0, 0.1) is 6.92 Å². The average molecular weight is 834 g/mol. The lowest BCUT2D eigenvalue weighted by molar-refractivity contribution is 1.25. The zero-order chi connectivity index (χ0) is 43.7. The van der Waals surface area contributed by atoms with Crippen molar-refractivity contribution in [2.24, 2.45) is 0 Å². The molecule has 3 nitrogen and oxygen atoms in total. The van der Waals surface area contributed by atoms with E-state index in [1.807, 2.05) is 0 Å². The lowest BCUT2D eigenvalue weighted by atomic mass is 9.90. The van der Waals surface area contributed by atoms with E-state index in [2.05, 4.69) is 277 Å². The fraction of sp³-hybridized carbons (Fsp3) is 0.0323. The third-order valence-electron chi connectivity index (χ3n) is 12.6. The summed E-state index contributed by atoms with van der Waals surface area (Å²) in [5, 5.41) is 2.50. The van der Waals surface area contributed by atoms with Gasteiger partial charge in [0.25, 0.3) is 0 Å². The van der Waals surface area contributed by atoms with E-state index in [9.17, 15) is 0 Å². The molecule has 0 aliphatic carbocycles. The van der Waals surface area contributed by atoms with E-state index in [0.717, 1.165) is 56.6 Å². The van der Waals surface area contributed by atoms with Gasteiger partial charge in [0.1, 0.15) is 0 Å². The Morgan fingerprint density at radius 2 is 0.892 bits per heavy atom. The van der Waals surface area contributed by atoms with E-state index in [1.54, 1.807) is 0 Å². The van der Waals surface area contributed by atoms with Crippen LogP contribution in [0.25, 0.3) is 50.2 Å². The Hall–Kier alpha value is -8.40. The quantitative estimate of drug-likeness (QED) is 0.136. The maximum atomic E-state index is 2.41. The van der Waals surface area contributed by atoms with Gasteiger partial charge in [-0.15, -0.1) is 0 Å². The predicted octanol–water partition coefficient (Wildman–Crippen LogP) is 17.9. The van der Waals surface area contributed by atoms with Crippen molar-refractivity contribution in [1.82, 2.24) is 0 Å². The van der Waals surface area contributed by atoms with Crippen LogP contribution in [0.5, 0.6) is 0 Å². The first kappa shape index (κ1) is 39.4. The van der Waals surface area contributed by atoms with Crippen molar-refractivity contribution in [2.75, 3.05) is 14.7 Å². The van der Waals surface area contributed by atoms with Crippen molar-refractivity contribution in [3.8, 4) is 33.4 Å². The number of aryl methyl sites for hydroxylation is 1. The summed E-state index contributed by atoms with van der Waals surface area (Å²) in [4.78, 5) is 7.15. The molecule has 3 heteroatoms. The first-order chi connectivity index (χ1) is 32.1. The number of anilines is 9. The fourth-order valence-corrected chi connectivity index (χ4v) is 9.53. The molecule has 0 fully saturated rings. The van der Waals surface area contributed by atoms with Gasteiger partial charge < -0.3 is 14.7 Å². The van der Waals surface area contributed by atoms with E-state index in [-0.39, 0.29) is 0 Å². The summed E-state index contributed by atoms with van der Waals surface area (Å²) < 4.78 is 0. The van der Waals surface area contributed by atoms with E-state index >= 15 is 0 Å². The number of allylic oxidation sites excluding steroid dienone is 1. The van der Waals surface area contributed by atoms with Gasteiger partial charge >= 0.3 is 0 Å². The molecule has 10 aromatic carbocycles. The summed E-state index contributed by atoms with van der Waals surface area (Å²) in [5.74, 6) is 0. The molecule has 0 radical (unpaired) electrons. The first-order valence-electron chi connectivity index (χ1n) is 22.4. The minimum absolute atomic E-state index is 1.08. The Morgan fingerprint density at radius 3 is 1.51 bits per heavy atom. The van der Waals surface area contributed by atoms with Gasteiger partial charge in [0.05, 0.1) is 17.1 Å². The largest absolute Gasteiger partial charge is 0.310 e. The van der Waals surface area contributed by atoms with Gasteiger partial charge in [0.15, 0.2) is 0 Å². The molecule has 11 rings (SSSR count). The van der Waals surface area contributed by atoms with E-state index in [4.69, 9.17) is 0 Å². The maximum absolute atomic E-state index is 2.41. The molecule has 10 aromatic rings. The first-order valence-corrected chi connectivity index (χ1v) is 22.4. The molecule has 0 spiro atoms. The molecule has 0 saturated heterocycles. The van der Waals surface area contributed by atoms with Crippen molar-refractivity contribution < 1.29 is 0 Å². The standard InChI is InChI=1S/C62H47N3/c1-3-16-56-44(2)17-13-27-59(56)64(50-22-9-5-10-23-50)54-39-33-48(34-40-54)47-31-37-53(38-32-47)63(52-35-29-46(30-36-52)45-18-7-4-8-19-45)55-41-42-60-58(43-55)57-26-14-20-49-21-15-28-61(62(49)57)65(60)51-24-11-6-12-25-51/h3-43H,1-2H3/b16-3-. The van der Waals surface area contributed by atoms with Gasteiger partial charge in [-0.3, -0.25) is 0 Å². The van der Waals surface area contributed by atoms with E-state index in [0.29, 0.717) is 0 Å². The Kier molecular flexibility index (Phi) is 10.3. The smallest absolute Gasteiger partial charge is 0.0546 e. The number of fused-ring (bicyclic) bond motifs is 2. The molecule has 65 heavy (non-hydrogen) atoms. The van der Waals surface area contributed by atoms with Gasteiger partial charge in [0, 0.05) is 50.6 Å². The Balaban J connectivity index is 0.995. The van der Waals surface area contributed by atoms with Gasteiger partial charge in [-0.25, -0.2) is 0 Å². The highest BCUT2D eigenvalue weighted by Gasteiger charge is 2.27. The lowest BCUT2D eigenvalue weighted by Gasteiger charge is -2.35. The molecular formula is C62H47N3. The normalized spacial score (nSPS) is 11.8. The predicted molar refractivity (Wildman–Crippen MR) is 277 cm³/mol. The van der Waals surface area contributed by atoms with Crippen molar-refractivity contribution in [3.05, 3.63) is 254 Å². The van der Waals surface area contributed by atoms with Crippen molar-refractivity contribution >= 4 is 68.0 Å². The molecule has 0 unspecified atom stereocenters. The lowest BCUT2D eigenvalue weighted by Crippen LogP contribution is -2.16. The van der Waals surface area contributed by atoms with Gasteiger partial charge in [-0.05, 0) is 144 Å². The number of nitrogens with zero attached hydrogens (tertiary/aromatic N) is 3. The second-order valence-electron chi connectivity index (χ2n) is 16.6. The van der Waals surface area contributed by atoms with Crippen LogP contribution in [-0.4, -0.2) is 0 Å². The zero-order valence-electron chi connectivity index (χ0n) is 36.5. The van der Waals surface area contributed by atoms with Crippen molar-refractivity contribution in [1.29, 1.82) is 0 Å². The van der Waals surface area contributed by atoms with E-state index in [1.165, 1.54) is 49.8 Å². The summed E-state index contributed by atoms with van der Waals surface area (Å²) in [6, 6.07) is 85.7. The molecule has 0 saturated carbocycles. The molecule has 0 bridgehead atoms. The summed E-state index contributed by atoms with van der Waals surface area (Å²) in [6.07, 6.45) is 4.33. The van der Waals surface area contributed by atoms with Crippen LogP contribution >= 0.6 is 0 Å². The van der Waals surface area contributed by atoms with Gasteiger partial charge in [0.2, 0.25) is 0 Å². The molecule has 0 amide bonds. The monoisotopic (exact) mass is 833 g/mol. The van der Waals surface area contributed by atoms with Gasteiger partial charge in [-0.2, -0.15) is 0 Å². The third kappa shape index (κ3) is 7.33. The van der Waals surface area contributed by atoms with Crippen molar-refractivity contribution in [3.63, 3.8) is 0 Å². The number of rotatable bonds is 10. The Bertz CT molecular complexity index is 3300. The summed E-state index contributed by atoms with van der Waals surface area (Å²) >= 11 is 0. The van der Waals surface area contributed by atoms with Crippen LogP contribution in [0.1, 0.15) is 18.1 Å². The molecule has 1 heterocycles. The highest BCUT2D eigenvalue weighted by Crippen LogP contribution is 2.52. The fourth-order valence-electron chi connectivity index (χ4n) is 9.53. The SMILES string of the molecule is C/C=C\c1c(C)cccc1N(c1ccccc1)c1ccc(-c2ccc(N(c3ccc(-c4ccccc4)cc3)c3ccc4c(c3)-c3cccc5cccc(c35)N4c3ccccc3)cc2)cc1. The summed E-state index contributed by atoms with van der Waals surface area (Å²) in [7, 11) is 0. The maximum Gasteiger partial charge on any atom is 0.0546 e. The molecule has 1 aliphatic heterocycles. The summed E-state index contributed by atoms with van der Waals surface area (Å²) in [6.45, 7) is 4.26. The average Bonchev–Trinajstić information content (AvgIpc) is 3.37.